The van der Waals surface area contributed by atoms with Crippen LogP contribution in [-0.4, -0.2) is 49.5 Å². The Balaban J connectivity index is 1.64. The first kappa shape index (κ1) is 25.8. The summed E-state index contributed by atoms with van der Waals surface area (Å²) < 4.78 is 0. The van der Waals surface area contributed by atoms with Crippen molar-refractivity contribution in [2.45, 2.75) is 51.7 Å². The molecule has 1 fully saturated rings. The number of aromatic hydroxyl groups is 1. The van der Waals surface area contributed by atoms with Gasteiger partial charge in [-0.25, -0.2) is 0 Å². The maximum atomic E-state index is 13.8. The average molecular weight is 515 g/mol. The summed E-state index contributed by atoms with van der Waals surface area (Å²) in [6.45, 7) is 6.52. The van der Waals surface area contributed by atoms with Crippen LogP contribution in [0.25, 0.3) is 17.9 Å². The molecule has 0 radical (unpaired) electrons. The summed E-state index contributed by atoms with van der Waals surface area (Å²) in [5, 5.41) is 45.5. The summed E-state index contributed by atoms with van der Waals surface area (Å²) in [4.78, 5) is 39.3. The number of aliphatic hydroxyl groups is 3. The van der Waals surface area contributed by atoms with E-state index in [4.69, 9.17) is 0 Å². The molecule has 0 aliphatic heterocycles. The highest BCUT2D eigenvalue weighted by Crippen LogP contribution is 2.55. The van der Waals surface area contributed by atoms with Crippen LogP contribution in [0.15, 0.2) is 53.1 Å². The zero-order valence-electron chi connectivity index (χ0n) is 21.6. The van der Waals surface area contributed by atoms with Crippen molar-refractivity contribution in [2.75, 3.05) is 0 Å². The molecule has 0 spiro atoms. The zero-order chi connectivity index (χ0) is 27.7. The van der Waals surface area contributed by atoms with Crippen molar-refractivity contribution in [3.63, 3.8) is 0 Å². The molecule has 0 aromatic heterocycles. The Morgan fingerprint density at radius 1 is 1.00 bits per heavy atom. The minimum absolute atomic E-state index is 0.0117. The van der Waals surface area contributed by atoms with Crippen LogP contribution in [0.4, 0.5) is 0 Å². The van der Waals surface area contributed by atoms with Crippen molar-refractivity contribution in [2.24, 2.45) is 11.8 Å². The normalized spacial score (nSPS) is 28.9. The maximum absolute atomic E-state index is 13.8. The van der Waals surface area contributed by atoms with Crippen LogP contribution in [-0.2, 0) is 14.4 Å². The Kier molecular flexibility index (Phi) is 6.04. The predicted octanol–water partition coefficient (Wildman–Crippen LogP) is 4.04. The first-order valence-electron chi connectivity index (χ1n) is 12.6. The van der Waals surface area contributed by atoms with Gasteiger partial charge in [0.2, 0.25) is 11.6 Å². The first-order chi connectivity index (χ1) is 17.9. The van der Waals surface area contributed by atoms with Gasteiger partial charge in [-0.15, -0.1) is 0 Å². The molecule has 4 N–H and O–H groups in total. The third kappa shape index (κ3) is 3.53. The topological polar surface area (TPSA) is 132 Å². The molecule has 7 heteroatoms. The predicted molar refractivity (Wildman–Crippen MR) is 142 cm³/mol. The van der Waals surface area contributed by atoms with Crippen molar-refractivity contribution < 1.29 is 34.8 Å². The van der Waals surface area contributed by atoms with Gasteiger partial charge in [-0.1, -0.05) is 66.6 Å². The summed E-state index contributed by atoms with van der Waals surface area (Å²) in [6.07, 6.45) is 2.13. The van der Waals surface area contributed by atoms with Gasteiger partial charge in [0, 0.05) is 23.0 Å². The Morgan fingerprint density at radius 2 is 1.66 bits per heavy atom. The fourth-order valence-electron chi connectivity index (χ4n) is 6.40. The van der Waals surface area contributed by atoms with Gasteiger partial charge in [-0.3, -0.25) is 14.4 Å². The SMILES string of the molecule is CC(=O)C1=C(C)CC2C(O)C3C(=C(O)c4c(ccc(/C=C/c5ccc(C)cc5)c4O)C3C)C(=O)C2(O)C1=O. The number of aryl methyl sites for hydroxylation is 1. The second-order valence-electron chi connectivity index (χ2n) is 10.7. The number of phenols is 1. The molecule has 2 aromatic carbocycles. The van der Waals surface area contributed by atoms with Gasteiger partial charge in [0.25, 0.3) is 0 Å². The highest BCUT2D eigenvalue weighted by atomic mass is 16.3. The van der Waals surface area contributed by atoms with Gasteiger partial charge in [0.15, 0.2) is 11.4 Å². The molecular formula is C31H30O7. The highest BCUT2D eigenvalue weighted by Gasteiger charge is 2.65. The lowest BCUT2D eigenvalue weighted by molar-refractivity contribution is -0.167. The minimum Gasteiger partial charge on any atom is -0.507 e. The van der Waals surface area contributed by atoms with Crippen LogP contribution >= 0.6 is 0 Å². The van der Waals surface area contributed by atoms with Crippen molar-refractivity contribution in [1.29, 1.82) is 0 Å². The van der Waals surface area contributed by atoms with Crippen LogP contribution in [0.3, 0.4) is 0 Å². The summed E-state index contributed by atoms with van der Waals surface area (Å²) in [6, 6.07) is 11.2. The molecule has 3 aliphatic rings. The number of allylic oxidation sites excluding steroid dienone is 1. The molecule has 3 aliphatic carbocycles. The van der Waals surface area contributed by atoms with Crippen LogP contribution in [0, 0.1) is 18.8 Å². The zero-order valence-corrected chi connectivity index (χ0v) is 21.6. The van der Waals surface area contributed by atoms with E-state index >= 15 is 0 Å². The number of hydrogen-bond donors (Lipinski definition) is 4. The molecule has 0 heterocycles. The summed E-state index contributed by atoms with van der Waals surface area (Å²) in [5.41, 5.74) is 0.149. The van der Waals surface area contributed by atoms with Crippen molar-refractivity contribution in [3.05, 3.63) is 80.9 Å². The molecule has 0 bridgehead atoms. The second-order valence-corrected chi connectivity index (χ2v) is 10.7. The number of carbonyl (C=O) groups excluding carboxylic acids is 3. The minimum atomic E-state index is -2.68. The van der Waals surface area contributed by atoms with Gasteiger partial charge in [0.05, 0.1) is 17.2 Å². The number of hydrogen-bond acceptors (Lipinski definition) is 7. The number of phenolic OH excluding ortho intramolecular Hbond substituents is 1. The van der Waals surface area contributed by atoms with Crippen LogP contribution in [0.2, 0.25) is 0 Å². The van der Waals surface area contributed by atoms with E-state index in [0.29, 0.717) is 16.7 Å². The number of aliphatic hydroxyl groups excluding tert-OH is 2. The number of Topliss-reactive ketones (excluding diaryl/α,β-unsaturated/α-hetero) is 3. The Hall–Kier alpha value is -3.81. The van der Waals surface area contributed by atoms with Crippen molar-refractivity contribution in [3.8, 4) is 5.75 Å². The third-order valence-electron chi connectivity index (χ3n) is 8.41. The standard InChI is InChI=1S/C31H30O7/c1-14-5-7-18(8-6-14)9-10-19-11-12-20-16(3)23-25(28(35)24(20)26(19)33)30(37)31(38)21(27(23)34)13-15(2)22(17(4)32)29(31)36/h5-12,16,21,23,27,33-35,38H,13H2,1-4H3/b10-9+. The second kappa shape index (κ2) is 8.89. The Morgan fingerprint density at radius 3 is 2.29 bits per heavy atom. The lowest BCUT2D eigenvalue weighted by Crippen LogP contribution is -2.66. The van der Waals surface area contributed by atoms with Gasteiger partial charge in [-0.05, 0) is 44.2 Å². The Bertz CT molecular complexity index is 1490. The summed E-state index contributed by atoms with van der Waals surface area (Å²) in [7, 11) is 0. The van der Waals surface area contributed by atoms with Gasteiger partial charge in [-0.2, -0.15) is 0 Å². The molecule has 2 aromatic rings. The smallest absolute Gasteiger partial charge is 0.206 e. The van der Waals surface area contributed by atoms with E-state index in [1.165, 1.54) is 6.92 Å². The van der Waals surface area contributed by atoms with Crippen LogP contribution in [0.1, 0.15) is 60.9 Å². The van der Waals surface area contributed by atoms with E-state index < -0.39 is 52.6 Å². The molecule has 1 saturated carbocycles. The molecule has 0 amide bonds. The Labute approximate surface area is 220 Å². The van der Waals surface area contributed by atoms with Crippen molar-refractivity contribution >= 4 is 35.3 Å². The monoisotopic (exact) mass is 514 g/mol. The van der Waals surface area contributed by atoms with E-state index in [0.717, 1.165) is 11.1 Å². The van der Waals surface area contributed by atoms with Crippen LogP contribution in [0.5, 0.6) is 5.75 Å². The molecule has 0 saturated heterocycles. The largest absolute Gasteiger partial charge is 0.507 e. The fourth-order valence-corrected chi connectivity index (χ4v) is 6.40. The number of rotatable bonds is 3. The summed E-state index contributed by atoms with van der Waals surface area (Å²) in [5.74, 6) is -6.10. The van der Waals surface area contributed by atoms with Gasteiger partial charge < -0.3 is 20.4 Å². The van der Waals surface area contributed by atoms with E-state index in [1.54, 1.807) is 32.1 Å². The van der Waals surface area contributed by atoms with E-state index in [9.17, 15) is 34.8 Å². The number of ketones is 3. The molecule has 5 unspecified atom stereocenters. The molecular weight excluding hydrogens is 484 g/mol. The number of carbonyl (C=O) groups is 3. The summed E-state index contributed by atoms with van der Waals surface area (Å²) >= 11 is 0. The molecule has 5 rings (SSSR count). The van der Waals surface area contributed by atoms with E-state index in [1.807, 2.05) is 37.3 Å². The van der Waals surface area contributed by atoms with Crippen molar-refractivity contribution in [1.82, 2.24) is 0 Å². The fraction of sp³-hybridized carbons (Fsp3) is 0.323. The molecule has 5 atom stereocenters. The maximum Gasteiger partial charge on any atom is 0.206 e. The third-order valence-corrected chi connectivity index (χ3v) is 8.41. The number of fused-ring (bicyclic) bond motifs is 3. The lowest BCUT2D eigenvalue weighted by atomic mass is 9.54. The highest BCUT2D eigenvalue weighted by molar-refractivity contribution is 6.33. The van der Waals surface area contributed by atoms with E-state index in [2.05, 4.69) is 0 Å². The average Bonchev–Trinajstić information content (AvgIpc) is 2.86. The van der Waals surface area contributed by atoms with Gasteiger partial charge >= 0.3 is 0 Å². The van der Waals surface area contributed by atoms with E-state index in [-0.39, 0.29) is 28.9 Å². The first-order valence-corrected chi connectivity index (χ1v) is 12.6. The molecule has 196 valence electrons. The quantitative estimate of drug-likeness (QED) is 0.276. The van der Waals surface area contributed by atoms with Crippen LogP contribution < -0.4 is 0 Å². The molecule has 7 nitrogen and oxygen atoms in total. The molecule has 38 heavy (non-hydrogen) atoms. The number of benzene rings is 2. The lowest BCUT2D eigenvalue weighted by Gasteiger charge is -2.50. The van der Waals surface area contributed by atoms with Gasteiger partial charge in [0.1, 0.15) is 11.5 Å².